The van der Waals surface area contributed by atoms with Crippen molar-refractivity contribution in [3.8, 4) is 11.1 Å². The van der Waals surface area contributed by atoms with E-state index >= 15 is 0 Å². The fourth-order valence-corrected chi connectivity index (χ4v) is 7.57. The number of carbonyl (C=O) groups is 1. The average molecular weight is 574 g/mol. The van der Waals surface area contributed by atoms with E-state index in [-0.39, 0.29) is 29.5 Å². The largest absolute Gasteiger partial charge is 0.361 e. The number of carbonyl (C=O) groups excluding carboxylic acids is 1. The molecule has 0 saturated carbocycles. The summed E-state index contributed by atoms with van der Waals surface area (Å²) in [5, 5.41) is 4.88. The predicted octanol–water partition coefficient (Wildman–Crippen LogP) is 6.23. The molecule has 0 radical (unpaired) electrons. The second-order valence-electron chi connectivity index (χ2n) is 10.0. The molecule has 8 nitrogen and oxygen atoms in total. The van der Waals surface area contributed by atoms with E-state index in [0.717, 1.165) is 39.4 Å². The number of aromatic nitrogens is 3. The van der Waals surface area contributed by atoms with E-state index in [9.17, 15) is 13.2 Å². The Morgan fingerprint density at radius 1 is 1.00 bits per heavy atom. The Morgan fingerprint density at radius 3 is 2.45 bits per heavy atom. The predicted molar refractivity (Wildman–Crippen MR) is 148 cm³/mol. The summed E-state index contributed by atoms with van der Waals surface area (Å²) in [7, 11) is -3.05. The highest BCUT2D eigenvalue weighted by Gasteiger charge is 2.39. The highest BCUT2D eigenvalue weighted by Crippen LogP contribution is 2.42. The number of fused-ring (bicyclic) bond motifs is 1. The van der Waals surface area contributed by atoms with Crippen molar-refractivity contribution >= 4 is 55.7 Å². The number of hydrogen-bond donors (Lipinski definition) is 0. The molecule has 2 aromatic heterocycles. The van der Waals surface area contributed by atoms with Gasteiger partial charge in [0.15, 0.2) is 0 Å². The first-order valence-corrected chi connectivity index (χ1v) is 15.1. The molecule has 11 heteroatoms. The Labute approximate surface area is 230 Å². The van der Waals surface area contributed by atoms with E-state index in [0.29, 0.717) is 41.4 Å². The molecule has 1 amide bonds. The lowest BCUT2D eigenvalue weighted by atomic mass is 10.0. The van der Waals surface area contributed by atoms with Crippen molar-refractivity contribution in [1.82, 2.24) is 14.7 Å². The van der Waals surface area contributed by atoms with Crippen LogP contribution in [0.4, 0.5) is 5.69 Å². The van der Waals surface area contributed by atoms with Crippen molar-refractivity contribution in [1.29, 1.82) is 0 Å². The van der Waals surface area contributed by atoms with Crippen LogP contribution in [0.15, 0.2) is 40.9 Å². The van der Waals surface area contributed by atoms with Crippen LogP contribution in [0, 0.1) is 13.8 Å². The minimum Gasteiger partial charge on any atom is -0.361 e. The third-order valence-electron chi connectivity index (χ3n) is 7.62. The average Bonchev–Trinajstić information content (AvgIpc) is 3.55. The Kier molecular flexibility index (Phi) is 6.28. The highest BCUT2D eigenvalue weighted by atomic mass is 35.5. The molecule has 0 spiro atoms. The molecular formula is C27H26Cl2N4O4S. The molecule has 0 N–H and O–H groups in total. The van der Waals surface area contributed by atoms with Crippen LogP contribution in [0.25, 0.3) is 22.2 Å². The van der Waals surface area contributed by atoms with Gasteiger partial charge in [-0.1, -0.05) is 34.4 Å². The SMILES string of the molecule is Cc1noc(C)c1-c1ccc2c(c1)nc([C@@H]1CCC(=O)N1c1ccc(Cl)c(Cl)c1)n2C1CCS(=O)(=O)CC1. The summed E-state index contributed by atoms with van der Waals surface area (Å²) >= 11 is 12.5. The topological polar surface area (TPSA) is 98.3 Å². The van der Waals surface area contributed by atoms with Gasteiger partial charge < -0.3 is 14.0 Å². The Morgan fingerprint density at radius 2 is 1.76 bits per heavy atom. The van der Waals surface area contributed by atoms with E-state index in [4.69, 9.17) is 32.7 Å². The number of benzene rings is 2. The lowest BCUT2D eigenvalue weighted by Gasteiger charge is -2.30. The van der Waals surface area contributed by atoms with Crippen LogP contribution in [0.3, 0.4) is 0 Å². The molecule has 2 aliphatic rings. The minimum atomic E-state index is -3.05. The highest BCUT2D eigenvalue weighted by molar-refractivity contribution is 7.91. The monoisotopic (exact) mass is 572 g/mol. The lowest BCUT2D eigenvalue weighted by Crippen LogP contribution is -2.31. The second kappa shape index (κ2) is 9.39. The van der Waals surface area contributed by atoms with Gasteiger partial charge in [-0.15, -0.1) is 0 Å². The van der Waals surface area contributed by atoms with Crippen LogP contribution in [0.2, 0.25) is 10.0 Å². The fourth-order valence-electron chi connectivity index (χ4n) is 5.81. The Hall–Kier alpha value is -2.88. The summed E-state index contributed by atoms with van der Waals surface area (Å²) in [5.74, 6) is 1.72. The number of nitrogens with zero attached hydrogens (tertiary/aromatic N) is 4. The first-order valence-electron chi connectivity index (χ1n) is 12.6. The van der Waals surface area contributed by atoms with E-state index in [2.05, 4.69) is 9.72 Å². The minimum absolute atomic E-state index is 0.0189. The van der Waals surface area contributed by atoms with Crippen molar-refractivity contribution in [2.45, 2.75) is 51.6 Å². The number of anilines is 1. The number of sulfone groups is 1. The maximum absolute atomic E-state index is 13.1. The second-order valence-corrected chi connectivity index (χ2v) is 13.2. The Bertz CT molecular complexity index is 1660. The van der Waals surface area contributed by atoms with E-state index < -0.39 is 9.84 Å². The van der Waals surface area contributed by atoms with Crippen LogP contribution in [0.1, 0.15) is 55.0 Å². The molecule has 6 rings (SSSR count). The summed E-state index contributed by atoms with van der Waals surface area (Å²) < 4.78 is 32.0. The van der Waals surface area contributed by atoms with Gasteiger partial charge in [0.25, 0.3) is 0 Å². The van der Waals surface area contributed by atoms with E-state index in [1.807, 2.05) is 32.0 Å². The number of amides is 1. The first kappa shape index (κ1) is 25.4. The molecule has 1 atom stereocenters. The molecule has 0 aliphatic carbocycles. The summed E-state index contributed by atoms with van der Waals surface area (Å²) in [5.41, 5.74) is 5.02. The van der Waals surface area contributed by atoms with E-state index in [1.165, 1.54) is 0 Å². The van der Waals surface area contributed by atoms with Gasteiger partial charge in [0.2, 0.25) is 5.91 Å². The van der Waals surface area contributed by atoms with Crippen molar-refractivity contribution in [2.75, 3.05) is 16.4 Å². The standard InChI is InChI=1S/C27H26Cl2N4O4S/c1-15-26(16(2)37-31-15)17-3-6-23-22(13-17)30-27(33(23)18-9-11-38(35,36)12-10-18)24-7-8-25(34)32(24)19-4-5-20(28)21(29)14-19/h3-6,13-14,18,24H,7-12H2,1-2H3/t24-/m0/s1. The zero-order valence-electron chi connectivity index (χ0n) is 20.9. The van der Waals surface area contributed by atoms with Crippen molar-refractivity contribution < 1.29 is 17.7 Å². The van der Waals surface area contributed by atoms with Gasteiger partial charge >= 0.3 is 0 Å². The molecule has 2 aliphatic heterocycles. The van der Waals surface area contributed by atoms with Gasteiger partial charge in [-0.25, -0.2) is 13.4 Å². The van der Waals surface area contributed by atoms with Gasteiger partial charge in [0, 0.05) is 23.7 Å². The number of aryl methyl sites for hydroxylation is 2. The molecule has 38 heavy (non-hydrogen) atoms. The Balaban J connectivity index is 1.51. The number of hydrogen-bond acceptors (Lipinski definition) is 6. The normalized spacial score (nSPS) is 20.1. The number of rotatable bonds is 4. The van der Waals surface area contributed by atoms with Crippen LogP contribution in [-0.2, 0) is 14.6 Å². The van der Waals surface area contributed by atoms with Crippen LogP contribution in [-0.4, -0.2) is 40.5 Å². The molecule has 0 bridgehead atoms. The van der Waals surface area contributed by atoms with Crippen molar-refractivity contribution in [3.63, 3.8) is 0 Å². The third-order valence-corrected chi connectivity index (χ3v) is 10.1. The fraction of sp³-hybridized carbons (Fsp3) is 0.370. The summed E-state index contributed by atoms with van der Waals surface area (Å²) in [6, 6.07) is 10.9. The van der Waals surface area contributed by atoms with E-state index in [1.54, 1.807) is 23.1 Å². The van der Waals surface area contributed by atoms with Gasteiger partial charge in [-0.05, 0) is 69.0 Å². The summed E-state index contributed by atoms with van der Waals surface area (Å²) in [6.07, 6.45) is 1.96. The third kappa shape index (κ3) is 4.30. The maximum atomic E-state index is 13.1. The first-order chi connectivity index (χ1) is 18.1. The molecule has 2 fully saturated rings. The summed E-state index contributed by atoms with van der Waals surface area (Å²) in [6.45, 7) is 3.78. The number of imidazole rings is 1. The zero-order valence-corrected chi connectivity index (χ0v) is 23.3. The molecular weight excluding hydrogens is 547 g/mol. The van der Waals surface area contributed by atoms with Crippen molar-refractivity contribution in [2.24, 2.45) is 0 Å². The summed E-state index contributed by atoms with van der Waals surface area (Å²) in [4.78, 5) is 20.0. The van der Waals surface area contributed by atoms with Crippen molar-refractivity contribution in [3.05, 3.63) is 63.7 Å². The van der Waals surface area contributed by atoms with Gasteiger partial charge in [0.05, 0.1) is 44.3 Å². The lowest BCUT2D eigenvalue weighted by molar-refractivity contribution is -0.117. The van der Waals surface area contributed by atoms with Crippen LogP contribution < -0.4 is 4.90 Å². The molecule has 4 heterocycles. The smallest absolute Gasteiger partial charge is 0.227 e. The number of halogens is 2. The molecule has 2 saturated heterocycles. The van der Waals surface area contributed by atoms with Crippen LogP contribution in [0.5, 0.6) is 0 Å². The van der Waals surface area contributed by atoms with Gasteiger partial charge in [-0.3, -0.25) is 4.79 Å². The molecule has 198 valence electrons. The quantitative estimate of drug-likeness (QED) is 0.287. The zero-order chi connectivity index (χ0) is 26.8. The van der Waals surface area contributed by atoms with Gasteiger partial charge in [-0.2, -0.15) is 0 Å². The maximum Gasteiger partial charge on any atom is 0.227 e. The molecule has 2 aromatic carbocycles. The molecule has 0 unspecified atom stereocenters. The van der Waals surface area contributed by atoms with Gasteiger partial charge in [0.1, 0.15) is 21.4 Å². The molecule has 4 aromatic rings. The van der Waals surface area contributed by atoms with Crippen LogP contribution >= 0.6 is 23.2 Å².